The predicted molar refractivity (Wildman–Crippen MR) is 126 cm³/mol. The summed E-state index contributed by atoms with van der Waals surface area (Å²) in [5.74, 6) is 0.181. The van der Waals surface area contributed by atoms with E-state index in [1.54, 1.807) is 25.1 Å². The van der Waals surface area contributed by atoms with E-state index in [9.17, 15) is 9.90 Å². The lowest BCUT2D eigenvalue weighted by Crippen LogP contribution is -2.40. The number of carbonyl (C=O) groups excluding carboxylic acids is 1. The number of carbonyl (C=O) groups is 1. The third-order valence-electron chi connectivity index (χ3n) is 5.35. The standard InChI is InChI=1S/C24H29ClN4O3/c1-6-12-29-16(4)26-21(24(31)32-7-2)22(29)20(17-8-10-18(25)11-9-17)27-19-13-15(3)23(30)28(5)14-19/h6,8-11,13,20,23,30H,1,7,12,14H2,2-5H3. The van der Waals surface area contributed by atoms with Crippen molar-refractivity contribution < 1.29 is 14.6 Å². The van der Waals surface area contributed by atoms with Gasteiger partial charge in [0, 0.05) is 18.1 Å². The number of rotatable bonds is 7. The molecule has 170 valence electrons. The van der Waals surface area contributed by atoms with Crippen LogP contribution in [0.5, 0.6) is 0 Å². The topological polar surface area (TPSA) is 80.0 Å². The van der Waals surface area contributed by atoms with Crippen LogP contribution in [0.25, 0.3) is 0 Å². The summed E-state index contributed by atoms with van der Waals surface area (Å²) in [5, 5.41) is 10.9. The number of hydrogen-bond donors (Lipinski definition) is 1. The lowest BCUT2D eigenvalue weighted by molar-refractivity contribution is 0.0518. The monoisotopic (exact) mass is 456 g/mol. The van der Waals surface area contributed by atoms with E-state index in [-0.39, 0.29) is 12.3 Å². The van der Waals surface area contributed by atoms with E-state index in [2.05, 4.69) is 11.6 Å². The number of esters is 1. The first-order valence-corrected chi connectivity index (χ1v) is 10.9. The fraction of sp³-hybridized carbons (Fsp3) is 0.375. The summed E-state index contributed by atoms with van der Waals surface area (Å²) >= 11 is 6.13. The van der Waals surface area contributed by atoms with Gasteiger partial charge < -0.3 is 14.4 Å². The quantitative estimate of drug-likeness (QED) is 0.504. The number of aliphatic hydroxyl groups is 1. The molecule has 1 N–H and O–H groups in total. The second-order valence-corrected chi connectivity index (χ2v) is 8.20. The highest BCUT2D eigenvalue weighted by atomic mass is 35.5. The smallest absolute Gasteiger partial charge is 0.358 e. The minimum Gasteiger partial charge on any atom is -0.461 e. The molecule has 0 bridgehead atoms. The fourth-order valence-electron chi connectivity index (χ4n) is 3.82. The average Bonchev–Trinajstić information content (AvgIpc) is 3.07. The Kier molecular flexibility index (Phi) is 7.66. The van der Waals surface area contributed by atoms with Crippen molar-refractivity contribution in [3.63, 3.8) is 0 Å². The first kappa shape index (κ1) is 23.9. The minimum atomic E-state index is -0.647. The van der Waals surface area contributed by atoms with Crippen LogP contribution < -0.4 is 0 Å². The van der Waals surface area contributed by atoms with Gasteiger partial charge in [-0.3, -0.25) is 9.89 Å². The van der Waals surface area contributed by atoms with Crippen LogP contribution in [0.15, 0.2) is 53.6 Å². The number of ether oxygens (including phenoxy) is 1. The van der Waals surface area contributed by atoms with Crippen molar-refractivity contribution in [2.45, 2.75) is 39.6 Å². The molecule has 1 aromatic carbocycles. The number of allylic oxidation sites excluding steroid dienone is 1. The summed E-state index contributed by atoms with van der Waals surface area (Å²) in [7, 11) is 1.84. The average molecular weight is 457 g/mol. The molecule has 3 rings (SSSR count). The molecular weight excluding hydrogens is 428 g/mol. The Labute approximate surface area is 193 Å². The lowest BCUT2D eigenvalue weighted by Gasteiger charge is -2.29. The molecule has 1 aromatic heterocycles. The zero-order valence-corrected chi connectivity index (χ0v) is 19.6. The van der Waals surface area contributed by atoms with Gasteiger partial charge in [0.1, 0.15) is 18.1 Å². The Morgan fingerprint density at radius 1 is 1.41 bits per heavy atom. The number of likely N-dealkylation sites (N-methyl/N-ethyl adjacent to an activating group) is 1. The Bertz CT molecular complexity index is 1060. The Morgan fingerprint density at radius 2 is 2.09 bits per heavy atom. The van der Waals surface area contributed by atoms with Gasteiger partial charge in [0.2, 0.25) is 0 Å². The molecule has 0 fully saturated rings. The Morgan fingerprint density at radius 3 is 2.69 bits per heavy atom. The zero-order valence-electron chi connectivity index (χ0n) is 18.9. The van der Waals surface area contributed by atoms with Crippen molar-refractivity contribution in [1.29, 1.82) is 0 Å². The zero-order chi connectivity index (χ0) is 23.4. The normalized spacial score (nSPS) is 19.0. The maximum atomic E-state index is 12.8. The fourth-order valence-corrected chi connectivity index (χ4v) is 3.95. The van der Waals surface area contributed by atoms with E-state index in [1.165, 1.54) is 0 Å². The van der Waals surface area contributed by atoms with Gasteiger partial charge in [0.15, 0.2) is 5.69 Å². The number of imidazole rings is 1. The van der Waals surface area contributed by atoms with E-state index in [1.807, 2.05) is 48.6 Å². The van der Waals surface area contributed by atoms with Crippen LogP contribution in [0.1, 0.15) is 47.5 Å². The second kappa shape index (κ2) is 10.3. The van der Waals surface area contributed by atoms with Crippen LogP contribution >= 0.6 is 11.6 Å². The van der Waals surface area contributed by atoms with Crippen LogP contribution in [0.4, 0.5) is 0 Å². The summed E-state index contributed by atoms with van der Waals surface area (Å²) in [6.07, 6.45) is 3.00. The largest absolute Gasteiger partial charge is 0.461 e. The SMILES string of the molecule is C=CCn1c(C)nc(C(=O)OCC)c1C(N=C1C=C(C)C(O)N(C)C1)c1ccc(Cl)cc1. The molecule has 0 spiro atoms. The van der Waals surface area contributed by atoms with Gasteiger partial charge in [0.25, 0.3) is 0 Å². The molecule has 7 nitrogen and oxygen atoms in total. The van der Waals surface area contributed by atoms with Gasteiger partial charge in [-0.1, -0.05) is 29.8 Å². The molecule has 0 amide bonds. The maximum absolute atomic E-state index is 12.8. The first-order chi connectivity index (χ1) is 15.3. The number of nitrogens with zero attached hydrogens (tertiary/aromatic N) is 4. The number of aromatic nitrogens is 2. The van der Waals surface area contributed by atoms with Crippen LogP contribution in [-0.2, 0) is 11.3 Å². The molecule has 2 unspecified atom stereocenters. The second-order valence-electron chi connectivity index (χ2n) is 7.76. The Balaban J connectivity index is 2.25. The van der Waals surface area contributed by atoms with Crippen LogP contribution in [0, 0.1) is 6.92 Å². The molecule has 0 aliphatic carbocycles. The molecule has 2 aromatic rings. The number of aryl methyl sites for hydroxylation is 1. The van der Waals surface area contributed by atoms with Crippen molar-refractivity contribution in [3.8, 4) is 0 Å². The number of aliphatic imine (C=N–C) groups is 1. The number of benzene rings is 1. The molecule has 1 aliphatic heterocycles. The van der Waals surface area contributed by atoms with E-state index >= 15 is 0 Å². The van der Waals surface area contributed by atoms with Crippen molar-refractivity contribution in [2.24, 2.45) is 4.99 Å². The van der Waals surface area contributed by atoms with Crippen molar-refractivity contribution >= 4 is 23.3 Å². The number of halogens is 1. The van der Waals surface area contributed by atoms with Crippen molar-refractivity contribution in [3.05, 3.63) is 76.4 Å². The van der Waals surface area contributed by atoms with Gasteiger partial charge in [0.05, 0.1) is 18.0 Å². The van der Waals surface area contributed by atoms with Gasteiger partial charge in [-0.15, -0.1) is 6.58 Å². The van der Waals surface area contributed by atoms with Crippen molar-refractivity contribution in [1.82, 2.24) is 14.5 Å². The highest BCUT2D eigenvalue weighted by Gasteiger charge is 2.30. The van der Waals surface area contributed by atoms with Crippen LogP contribution in [0.2, 0.25) is 5.02 Å². The van der Waals surface area contributed by atoms with Gasteiger partial charge >= 0.3 is 5.97 Å². The molecule has 2 heterocycles. The maximum Gasteiger partial charge on any atom is 0.358 e. The molecule has 2 atom stereocenters. The molecule has 0 saturated heterocycles. The number of hydrogen-bond acceptors (Lipinski definition) is 6. The molecular formula is C24H29ClN4O3. The van der Waals surface area contributed by atoms with Gasteiger partial charge in [-0.2, -0.15) is 0 Å². The highest BCUT2D eigenvalue weighted by molar-refractivity contribution is 6.30. The summed E-state index contributed by atoms with van der Waals surface area (Å²) in [5.41, 5.74) is 3.32. The van der Waals surface area contributed by atoms with E-state index < -0.39 is 18.2 Å². The third-order valence-corrected chi connectivity index (χ3v) is 5.60. The van der Waals surface area contributed by atoms with Gasteiger partial charge in [-0.05, 0) is 57.2 Å². The predicted octanol–water partition coefficient (Wildman–Crippen LogP) is 3.95. The summed E-state index contributed by atoms with van der Waals surface area (Å²) in [6, 6.07) is 6.85. The van der Waals surface area contributed by atoms with E-state index in [0.29, 0.717) is 29.6 Å². The van der Waals surface area contributed by atoms with Crippen LogP contribution in [0.3, 0.4) is 0 Å². The molecule has 8 heteroatoms. The highest BCUT2D eigenvalue weighted by Crippen LogP contribution is 2.32. The molecule has 0 saturated carbocycles. The van der Waals surface area contributed by atoms with E-state index in [0.717, 1.165) is 16.8 Å². The third kappa shape index (κ3) is 5.01. The summed E-state index contributed by atoms with van der Waals surface area (Å²) in [4.78, 5) is 24.2. The Hall–Kier alpha value is -2.74. The molecule has 32 heavy (non-hydrogen) atoms. The summed E-state index contributed by atoms with van der Waals surface area (Å²) in [6.45, 7) is 10.5. The van der Waals surface area contributed by atoms with E-state index in [4.69, 9.17) is 21.3 Å². The van der Waals surface area contributed by atoms with Gasteiger partial charge in [-0.25, -0.2) is 9.78 Å². The first-order valence-electron chi connectivity index (χ1n) is 10.5. The molecule has 1 aliphatic rings. The summed E-state index contributed by atoms with van der Waals surface area (Å²) < 4.78 is 7.23. The minimum absolute atomic E-state index is 0.236. The van der Waals surface area contributed by atoms with Crippen molar-refractivity contribution in [2.75, 3.05) is 20.2 Å². The molecule has 0 radical (unpaired) electrons. The lowest BCUT2D eigenvalue weighted by atomic mass is 10.0. The van der Waals surface area contributed by atoms with Crippen LogP contribution in [-0.4, -0.2) is 57.7 Å². The number of aliphatic hydroxyl groups excluding tert-OH is 1.